The van der Waals surface area contributed by atoms with Crippen LogP contribution in [0.5, 0.6) is 0 Å². The Morgan fingerprint density at radius 1 is 0.973 bits per heavy atom. The highest BCUT2D eigenvalue weighted by Gasteiger charge is 2.37. The number of H-pyrrole nitrogens is 1. The molecule has 2 atom stereocenters. The predicted molar refractivity (Wildman–Crippen MR) is 148 cm³/mol. The summed E-state index contributed by atoms with van der Waals surface area (Å²) < 4.78 is 0. The van der Waals surface area contributed by atoms with Gasteiger partial charge in [0.1, 0.15) is 5.82 Å². The lowest BCUT2D eigenvalue weighted by Gasteiger charge is -2.43. The van der Waals surface area contributed by atoms with Crippen molar-refractivity contribution in [3.05, 3.63) is 98.2 Å². The molecule has 5 rings (SSSR count). The van der Waals surface area contributed by atoms with E-state index in [9.17, 15) is 9.59 Å². The number of aryl methyl sites for hydroxylation is 1. The molecule has 37 heavy (non-hydrogen) atoms. The topological polar surface area (TPSA) is 69.3 Å². The number of carbonyl (C=O) groups excluding carboxylic acids is 2. The second-order valence-electron chi connectivity index (χ2n) is 9.36. The first kappa shape index (κ1) is 25.6. The van der Waals surface area contributed by atoms with E-state index in [1.165, 1.54) is 0 Å². The molecule has 2 heterocycles. The van der Waals surface area contributed by atoms with E-state index in [4.69, 9.17) is 34.8 Å². The van der Waals surface area contributed by atoms with Crippen molar-refractivity contribution in [2.75, 3.05) is 20.1 Å². The zero-order valence-corrected chi connectivity index (χ0v) is 22.6. The summed E-state index contributed by atoms with van der Waals surface area (Å²) in [6.07, 6.45) is 0.607. The zero-order valence-electron chi connectivity index (χ0n) is 20.3. The number of nitrogens with zero attached hydrogens (tertiary/aromatic N) is 3. The fourth-order valence-corrected chi connectivity index (χ4v) is 5.49. The van der Waals surface area contributed by atoms with Gasteiger partial charge in [0.25, 0.3) is 11.8 Å². The van der Waals surface area contributed by atoms with Gasteiger partial charge in [0.05, 0.1) is 21.1 Å². The van der Waals surface area contributed by atoms with Crippen molar-refractivity contribution in [2.45, 2.75) is 25.3 Å². The summed E-state index contributed by atoms with van der Waals surface area (Å²) in [4.78, 5) is 38.2. The highest BCUT2D eigenvalue weighted by molar-refractivity contribution is 6.42. The van der Waals surface area contributed by atoms with Gasteiger partial charge >= 0.3 is 0 Å². The first-order chi connectivity index (χ1) is 17.7. The lowest BCUT2D eigenvalue weighted by Crippen LogP contribution is -2.51. The van der Waals surface area contributed by atoms with E-state index >= 15 is 0 Å². The third kappa shape index (κ3) is 5.19. The Morgan fingerprint density at radius 2 is 1.70 bits per heavy atom. The lowest BCUT2D eigenvalue weighted by atomic mass is 9.84. The molecule has 9 heteroatoms. The van der Waals surface area contributed by atoms with Crippen molar-refractivity contribution in [1.82, 2.24) is 19.8 Å². The molecule has 1 aliphatic heterocycles. The van der Waals surface area contributed by atoms with Crippen LogP contribution in [0.1, 0.15) is 44.4 Å². The van der Waals surface area contributed by atoms with Gasteiger partial charge in [-0.25, -0.2) is 4.98 Å². The largest absolute Gasteiger partial charge is 0.342 e. The highest BCUT2D eigenvalue weighted by atomic mass is 35.5. The fourth-order valence-electron chi connectivity index (χ4n) is 5.05. The van der Waals surface area contributed by atoms with Crippen LogP contribution in [-0.4, -0.2) is 57.8 Å². The summed E-state index contributed by atoms with van der Waals surface area (Å²) in [6, 6.07) is 17.7. The molecule has 2 amide bonds. The number of halogens is 3. The summed E-state index contributed by atoms with van der Waals surface area (Å²) in [6.45, 7) is 2.82. The first-order valence-electron chi connectivity index (χ1n) is 11.9. The molecule has 1 aliphatic rings. The zero-order chi connectivity index (χ0) is 26.3. The molecule has 0 bridgehead atoms. The predicted octanol–water partition coefficient (Wildman–Crippen LogP) is 6.60. The number of fused-ring (bicyclic) bond motifs is 1. The van der Waals surface area contributed by atoms with Gasteiger partial charge < -0.3 is 14.8 Å². The number of benzene rings is 3. The lowest BCUT2D eigenvalue weighted by molar-refractivity contribution is 0.0518. The number of imidazole rings is 1. The minimum Gasteiger partial charge on any atom is -0.342 e. The van der Waals surface area contributed by atoms with Crippen LogP contribution in [0, 0.1) is 6.92 Å². The van der Waals surface area contributed by atoms with Crippen LogP contribution in [0.25, 0.3) is 11.0 Å². The maximum Gasteiger partial charge on any atom is 0.253 e. The molecule has 1 aromatic heterocycles. The van der Waals surface area contributed by atoms with Gasteiger partial charge in [0.2, 0.25) is 0 Å². The third-order valence-electron chi connectivity index (χ3n) is 6.99. The number of likely N-dealkylation sites (N-methyl/N-ethyl adjacent to an activating group) is 1. The van der Waals surface area contributed by atoms with Gasteiger partial charge in [-0.1, -0.05) is 40.9 Å². The quantitative estimate of drug-likeness (QED) is 0.308. The standard InChI is InChI=1S/C28H25Cl3N4O2/c1-16-32-24-10-6-19(14-25(24)33-16)28(37)35-12-11-26(21(15-35)18-5-9-22(30)23(31)13-18)34(2)27(36)17-3-7-20(29)8-4-17/h3-10,13-14,21,26H,11-12,15H2,1-2H3,(H,32,33)/t21-,26+/m0/s1. The molecule has 0 radical (unpaired) electrons. The van der Waals surface area contributed by atoms with Gasteiger partial charge in [0.15, 0.2) is 0 Å². The number of hydrogen-bond acceptors (Lipinski definition) is 3. The Kier molecular flexibility index (Phi) is 7.17. The molecule has 0 aliphatic carbocycles. The number of carbonyl (C=O) groups is 2. The molecule has 1 saturated heterocycles. The number of likely N-dealkylation sites (tertiary alicyclic amines) is 1. The van der Waals surface area contributed by atoms with Crippen molar-refractivity contribution < 1.29 is 9.59 Å². The molecule has 3 aromatic carbocycles. The number of aromatic amines is 1. The second-order valence-corrected chi connectivity index (χ2v) is 10.6. The van der Waals surface area contributed by atoms with Crippen molar-refractivity contribution in [3.63, 3.8) is 0 Å². The summed E-state index contributed by atoms with van der Waals surface area (Å²) in [5.74, 6) is 0.460. The van der Waals surface area contributed by atoms with E-state index in [0.29, 0.717) is 45.7 Å². The van der Waals surface area contributed by atoms with Crippen molar-refractivity contribution in [3.8, 4) is 0 Å². The Bertz CT molecular complexity index is 1480. The molecule has 1 N–H and O–H groups in total. The van der Waals surface area contributed by atoms with E-state index in [0.717, 1.165) is 22.4 Å². The van der Waals surface area contributed by atoms with Gasteiger partial charge in [-0.3, -0.25) is 9.59 Å². The van der Waals surface area contributed by atoms with Crippen molar-refractivity contribution in [1.29, 1.82) is 0 Å². The Hall–Kier alpha value is -3.06. The van der Waals surface area contributed by atoms with Crippen LogP contribution in [0.2, 0.25) is 15.1 Å². The molecular weight excluding hydrogens is 531 g/mol. The maximum absolute atomic E-state index is 13.6. The third-order valence-corrected chi connectivity index (χ3v) is 7.98. The van der Waals surface area contributed by atoms with E-state index in [1.54, 1.807) is 42.3 Å². The van der Waals surface area contributed by atoms with Gasteiger partial charge in [-0.15, -0.1) is 0 Å². The Balaban J connectivity index is 1.44. The van der Waals surface area contributed by atoms with Gasteiger partial charge in [-0.2, -0.15) is 0 Å². The van der Waals surface area contributed by atoms with E-state index in [2.05, 4.69) is 9.97 Å². The van der Waals surface area contributed by atoms with Crippen molar-refractivity contribution >= 4 is 57.7 Å². The Morgan fingerprint density at radius 3 is 2.43 bits per heavy atom. The second kappa shape index (κ2) is 10.4. The molecule has 0 spiro atoms. The van der Waals surface area contributed by atoms with Gasteiger partial charge in [-0.05, 0) is 73.5 Å². The molecule has 0 saturated carbocycles. The van der Waals surface area contributed by atoms with Crippen LogP contribution in [-0.2, 0) is 0 Å². The van der Waals surface area contributed by atoms with Crippen LogP contribution in [0.3, 0.4) is 0 Å². The average Bonchev–Trinajstić information content (AvgIpc) is 3.28. The number of aromatic nitrogens is 2. The summed E-state index contributed by atoms with van der Waals surface area (Å²) in [5.41, 5.74) is 3.71. The van der Waals surface area contributed by atoms with Crippen LogP contribution >= 0.6 is 34.8 Å². The number of amides is 2. The summed E-state index contributed by atoms with van der Waals surface area (Å²) >= 11 is 18.6. The number of piperidine rings is 1. The SMILES string of the molecule is Cc1nc2cc(C(=O)N3CC[C@@H](N(C)C(=O)c4ccc(Cl)cc4)[C@H](c4ccc(Cl)c(Cl)c4)C3)ccc2[nH]1. The maximum atomic E-state index is 13.6. The minimum atomic E-state index is -0.162. The fraction of sp³-hybridized carbons (Fsp3) is 0.250. The van der Waals surface area contributed by atoms with Gasteiger partial charge in [0, 0.05) is 48.2 Å². The molecule has 190 valence electrons. The molecular formula is C28H25Cl3N4O2. The first-order valence-corrected chi connectivity index (χ1v) is 13.1. The summed E-state index contributed by atoms with van der Waals surface area (Å²) in [7, 11) is 1.80. The van der Waals surface area contributed by atoms with E-state index in [-0.39, 0.29) is 23.8 Å². The highest BCUT2D eigenvalue weighted by Crippen LogP contribution is 2.35. The van der Waals surface area contributed by atoms with E-state index < -0.39 is 0 Å². The van der Waals surface area contributed by atoms with Crippen LogP contribution in [0.4, 0.5) is 0 Å². The number of nitrogens with one attached hydrogen (secondary N) is 1. The minimum absolute atomic E-state index is 0.0715. The summed E-state index contributed by atoms with van der Waals surface area (Å²) in [5, 5.41) is 1.47. The van der Waals surface area contributed by atoms with Crippen molar-refractivity contribution in [2.24, 2.45) is 0 Å². The Labute approximate surface area is 230 Å². The molecule has 1 fully saturated rings. The monoisotopic (exact) mass is 554 g/mol. The smallest absolute Gasteiger partial charge is 0.253 e. The molecule has 6 nitrogen and oxygen atoms in total. The average molecular weight is 556 g/mol. The van der Waals surface area contributed by atoms with E-state index in [1.807, 2.05) is 42.2 Å². The molecule has 4 aromatic rings. The number of rotatable bonds is 4. The molecule has 0 unspecified atom stereocenters. The van der Waals surface area contributed by atoms with Crippen LogP contribution < -0.4 is 0 Å². The number of hydrogen-bond donors (Lipinski definition) is 1. The normalized spacial score (nSPS) is 17.7. The van der Waals surface area contributed by atoms with Crippen LogP contribution in [0.15, 0.2) is 60.7 Å².